The van der Waals surface area contributed by atoms with Crippen LogP contribution in [0.2, 0.25) is 0 Å². The maximum Gasteiger partial charge on any atom is 0.191 e. The molecule has 2 N–H and O–H groups in total. The molecule has 1 aliphatic carbocycles. The van der Waals surface area contributed by atoms with Gasteiger partial charge in [0.1, 0.15) is 0 Å². The van der Waals surface area contributed by atoms with Crippen LogP contribution < -0.4 is 10.6 Å². The van der Waals surface area contributed by atoms with E-state index in [1.165, 1.54) is 18.4 Å². The fourth-order valence-corrected chi connectivity index (χ4v) is 2.77. The molecule has 1 aliphatic rings. The van der Waals surface area contributed by atoms with Crippen LogP contribution in [0.3, 0.4) is 0 Å². The summed E-state index contributed by atoms with van der Waals surface area (Å²) in [4.78, 5) is 4.62. The molecule has 1 aromatic carbocycles. The van der Waals surface area contributed by atoms with E-state index in [1.807, 2.05) is 29.1 Å². The quantitative estimate of drug-likeness (QED) is 0.216. The predicted molar refractivity (Wildman–Crippen MR) is 125 cm³/mol. The van der Waals surface area contributed by atoms with Gasteiger partial charge in [-0.2, -0.15) is 5.10 Å². The standard InChI is InChI=1S/C21H31N5O.HI/c1-2-22-21(23-12-6-14-27-17-18-9-10-18)24-13-11-19-15-25-26(16-19)20-7-4-3-5-8-20;/h3-5,7-8,15-16,18H,2,6,9-14,17H2,1H3,(H2,22,23,24);1H. The van der Waals surface area contributed by atoms with Crippen molar-refractivity contribution in [2.24, 2.45) is 10.9 Å². The van der Waals surface area contributed by atoms with Gasteiger partial charge in [0.25, 0.3) is 0 Å². The van der Waals surface area contributed by atoms with Gasteiger partial charge in [0, 0.05) is 39.0 Å². The third-order valence-electron chi connectivity index (χ3n) is 4.47. The number of halogens is 1. The third-order valence-corrected chi connectivity index (χ3v) is 4.47. The number of para-hydroxylation sites is 1. The smallest absolute Gasteiger partial charge is 0.191 e. The van der Waals surface area contributed by atoms with Crippen LogP contribution in [0.25, 0.3) is 5.69 Å². The summed E-state index contributed by atoms with van der Waals surface area (Å²) in [5.74, 6) is 1.70. The van der Waals surface area contributed by atoms with E-state index in [2.05, 4.69) is 46.0 Å². The number of nitrogens with one attached hydrogen (secondary N) is 2. The molecular formula is C21H32IN5O. The van der Waals surface area contributed by atoms with Crippen LogP contribution in [-0.4, -0.2) is 48.6 Å². The lowest BCUT2D eigenvalue weighted by Crippen LogP contribution is -2.38. The van der Waals surface area contributed by atoms with Gasteiger partial charge in [0.15, 0.2) is 5.96 Å². The molecule has 0 spiro atoms. The highest BCUT2D eigenvalue weighted by Gasteiger charge is 2.20. The number of benzene rings is 1. The third kappa shape index (κ3) is 8.18. The second-order valence-corrected chi connectivity index (χ2v) is 6.94. The topological polar surface area (TPSA) is 63.5 Å². The molecule has 0 amide bonds. The molecule has 3 rings (SSSR count). The van der Waals surface area contributed by atoms with Crippen LogP contribution in [0.15, 0.2) is 47.7 Å². The van der Waals surface area contributed by atoms with E-state index in [0.717, 1.165) is 63.3 Å². The fourth-order valence-electron chi connectivity index (χ4n) is 2.77. The summed E-state index contributed by atoms with van der Waals surface area (Å²) in [5.41, 5.74) is 2.28. The number of ether oxygens (including phenoxy) is 1. The lowest BCUT2D eigenvalue weighted by atomic mass is 10.2. The number of aromatic nitrogens is 2. The Balaban J connectivity index is 0.00000280. The molecule has 7 heteroatoms. The molecule has 2 aromatic rings. The van der Waals surface area contributed by atoms with Crippen molar-refractivity contribution >= 4 is 29.9 Å². The zero-order chi connectivity index (χ0) is 18.7. The first-order chi connectivity index (χ1) is 13.3. The zero-order valence-corrected chi connectivity index (χ0v) is 19.0. The average molecular weight is 497 g/mol. The van der Waals surface area contributed by atoms with E-state index in [1.54, 1.807) is 0 Å². The molecular weight excluding hydrogens is 465 g/mol. The Morgan fingerprint density at radius 3 is 2.82 bits per heavy atom. The van der Waals surface area contributed by atoms with Crippen molar-refractivity contribution in [1.82, 2.24) is 20.4 Å². The summed E-state index contributed by atoms with van der Waals surface area (Å²) in [6.07, 6.45) is 8.57. The summed E-state index contributed by atoms with van der Waals surface area (Å²) in [5, 5.41) is 11.1. The van der Waals surface area contributed by atoms with Crippen molar-refractivity contribution in [2.75, 3.05) is 32.8 Å². The second kappa shape index (κ2) is 12.8. The van der Waals surface area contributed by atoms with E-state index in [-0.39, 0.29) is 24.0 Å². The molecule has 1 heterocycles. The minimum Gasteiger partial charge on any atom is -0.381 e. The van der Waals surface area contributed by atoms with E-state index >= 15 is 0 Å². The van der Waals surface area contributed by atoms with Gasteiger partial charge in [0.2, 0.25) is 0 Å². The summed E-state index contributed by atoms with van der Waals surface area (Å²) < 4.78 is 7.57. The van der Waals surface area contributed by atoms with E-state index in [0.29, 0.717) is 0 Å². The van der Waals surface area contributed by atoms with Crippen molar-refractivity contribution in [1.29, 1.82) is 0 Å². The first-order valence-electron chi connectivity index (χ1n) is 10.0. The Morgan fingerprint density at radius 2 is 2.07 bits per heavy atom. The van der Waals surface area contributed by atoms with Gasteiger partial charge in [-0.15, -0.1) is 24.0 Å². The van der Waals surface area contributed by atoms with Crippen LogP contribution in [-0.2, 0) is 11.2 Å². The molecule has 0 radical (unpaired) electrons. The highest BCUT2D eigenvalue weighted by molar-refractivity contribution is 14.0. The van der Waals surface area contributed by atoms with Crippen molar-refractivity contribution in [3.63, 3.8) is 0 Å². The maximum atomic E-state index is 5.66. The Labute approximate surface area is 185 Å². The lowest BCUT2D eigenvalue weighted by Gasteiger charge is -2.10. The summed E-state index contributed by atoms with van der Waals surface area (Å²) in [7, 11) is 0. The number of guanidine groups is 1. The molecule has 154 valence electrons. The van der Waals surface area contributed by atoms with E-state index in [4.69, 9.17) is 4.74 Å². The Bertz CT molecular complexity index is 700. The van der Waals surface area contributed by atoms with Gasteiger partial charge in [-0.1, -0.05) is 18.2 Å². The highest BCUT2D eigenvalue weighted by atomic mass is 127. The van der Waals surface area contributed by atoms with Gasteiger partial charge in [-0.05, 0) is 56.2 Å². The molecule has 1 saturated carbocycles. The molecule has 0 atom stereocenters. The van der Waals surface area contributed by atoms with Gasteiger partial charge in [-0.3, -0.25) is 4.99 Å². The Kier molecular flexibility index (Phi) is 10.3. The first kappa shape index (κ1) is 22.7. The largest absolute Gasteiger partial charge is 0.381 e. The van der Waals surface area contributed by atoms with Gasteiger partial charge < -0.3 is 15.4 Å². The zero-order valence-electron chi connectivity index (χ0n) is 16.6. The monoisotopic (exact) mass is 497 g/mol. The summed E-state index contributed by atoms with van der Waals surface area (Å²) >= 11 is 0. The molecule has 1 aromatic heterocycles. The van der Waals surface area contributed by atoms with Crippen molar-refractivity contribution < 1.29 is 4.74 Å². The van der Waals surface area contributed by atoms with Crippen molar-refractivity contribution in [3.8, 4) is 5.69 Å². The minimum absolute atomic E-state index is 0. The Hall–Kier alpha value is -1.61. The first-order valence-corrected chi connectivity index (χ1v) is 10.0. The predicted octanol–water partition coefficient (Wildman–Crippen LogP) is 3.40. The molecule has 28 heavy (non-hydrogen) atoms. The van der Waals surface area contributed by atoms with Gasteiger partial charge in [0.05, 0.1) is 11.9 Å². The number of nitrogens with zero attached hydrogens (tertiary/aromatic N) is 3. The molecule has 0 bridgehead atoms. The van der Waals surface area contributed by atoms with Gasteiger partial charge >= 0.3 is 0 Å². The summed E-state index contributed by atoms with van der Waals surface area (Å²) in [6.45, 7) is 6.28. The Morgan fingerprint density at radius 1 is 1.25 bits per heavy atom. The summed E-state index contributed by atoms with van der Waals surface area (Å²) in [6, 6.07) is 10.2. The maximum absolute atomic E-state index is 5.66. The van der Waals surface area contributed by atoms with Crippen molar-refractivity contribution in [3.05, 3.63) is 48.3 Å². The fraction of sp³-hybridized carbons (Fsp3) is 0.524. The van der Waals surface area contributed by atoms with Crippen LogP contribution in [0.4, 0.5) is 0 Å². The number of rotatable bonds is 11. The molecule has 0 unspecified atom stereocenters. The molecule has 1 fully saturated rings. The van der Waals surface area contributed by atoms with Crippen LogP contribution >= 0.6 is 24.0 Å². The molecule has 0 aliphatic heterocycles. The molecule has 0 saturated heterocycles. The highest BCUT2D eigenvalue weighted by Crippen LogP contribution is 2.28. The average Bonchev–Trinajstić information content (AvgIpc) is 3.40. The van der Waals surface area contributed by atoms with Crippen LogP contribution in [0.5, 0.6) is 0 Å². The van der Waals surface area contributed by atoms with Crippen LogP contribution in [0.1, 0.15) is 31.7 Å². The minimum atomic E-state index is 0. The SMILES string of the molecule is CCNC(=NCCCOCC1CC1)NCCc1cnn(-c2ccccc2)c1.I. The van der Waals surface area contributed by atoms with Crippen molar-refractivity contribution in [2.45, 2.75) is 32.6 Å². The normalized spacial score (nSPS) is 13.8. The van der Waals surface area contributed by atoms with Crippen LogP contribution in [0, 0.1) is 5.92 Å². The van der Waals surface area contributed by atoms with E-state index in [9.17, 15) is 0 Å². The second-order valence-electron chi connectivity index (χ2n) is 6.94. The number of hydrogen-bond acceptors (Lipinski definition) is 3. The number of hydrogen-bond donors (Lipinski definition) is 2. The lowest BCUT2D eigenvalue weighted by molar-refractivity contribution is 0.123. The van der Waals surface area contributed by atoms with E-state index < -0.39 is 0 Å². The van der Waals surface area contributed by atoms with Gasteiger partial charge in [-0.25, -0.2) is 4.68 Å². The number of aliphatic imine (C=N–C) groups is 1. The molecule has 6 nitrogen and oxygen atoms in total.